The number of hydrogen-bond donors (Lipinski definition) is 0. The van der Waals surface area contributed by atoms with E-state index in [-0.39, 0.29) is 5.56 Å². The van der Waals surface area contributed by atoms with Gasteiger partial charge in [0, 0.05) is 5.56 Å². The number of ether oxygens (including phenoxy) is 1. The standard InChI is InChI=1S/C9H6F3IN2O/c1-16-7-3-2-5(4-6(7)13)8(14-15-8)9(10,11)12/h2-4H,1H3. The summed E-state index contributed by atoms with van der Waals surface area (Å²) in [5, 5.41) is 6.26. The van der Waals surface area contributed by atoms with Gasteiger partial charge in [-0.2, -0.15) is 13.2 Å². The average molecular weight is 342 g/mol. The molecule has 0 aromatic heterocycles. The fourth-order valence-electron chi connectivity index (χ4n) is 1.33. The molecule has 1 aromatic carbocycles. The summed E-state index contributed by atoms with van der Waals surface area (Å²) in [6.07, 6.45) is -4.48. The van der Waals surface area contributed by atoms with Crippen molar-refractivity contribution in [2.24, 2.45) is 10.2 Å². The third-order valence-electron chi connectivity index (χ3n) is 2.25. The Hall–Kier alpha value is -0.860. The van der Waals surface area contributed by atoms with Gasteiger partial charge < -0.3 is 4.74 Å². The first-order valence-electron chi connectivity index (χ1n) is 4.25. The van der Waals surface area contributed by atoms with Crippen LogP contribution in [0, 0.1) is 3.57 Å². The summed E-state index contributed by atoms with van der Waals surface area (Å²) in [7, 11) is 1.46. The number of rotatable bonds is 2. The highest BCUT2D eigenvalue weighted by Crippen LogP contribution is 2.52. The molecular weight excluding hydrogens is 336 g/mol. The van der Waals surface area contributed by atoms with Crippen LogP contribution in [0.5, 0.6) is 5.75 Å². The molecule has 0 amide bonds. The highest BCUT2D eigenvalue weighted by Gasteiger charge is 2.65. The predicted molar refractivity (Wildman–Crippen MR) is 58.3 cm³/mol. The molecule has 0 saturated carbocycles. The minimum atomic E-state index is -4.48. The minimum absolute atomic E-state index is 0.0187. The van der Waals surface area contributed by atoms with Gasteiger partial charge in [0.15, 0.2) is 0 Å². The first-order chi connectivity index (χ1) is 7.40. The fraction of sp³-hybridized carbons (Fsp3) is 0.333. The van der Waals surface area contributed by atoms with Crippen LogP contribution in [-0.2, 0) is 5.66 Å². The second kappa shape index (κ2) is 3.57. The van der Waals surface area contributed by atoms with Gasteiger partial charge in [-0.05, 0) is 34.7 Å². The molecule has 0 unspecified atom stereocenters. The Morgan fingerprint density at radius 2 is 1.94 bits per heavy atom. The first-order valence-corrected chi connectivity index (χ1v) is 5.33. The molecule has 0 aliphatic carbocycles. The minimum Gasteiger partial charge on any atom is -0.496 e. The highest BCUT2D eigenvalue weighted by atomic mass is 127. The van der Waals surface area contributed by atoms with Crippen LogP contribution in [-0.4, -0.2) is 13.3 Å². The van der Waals surface area contributed by atoms with Gasteiger partial charge in [0.2, 0.25) is 0 Å². The quantitative estimate of drug-likeness (QED) is 0.758. The summed E-state index contributed by atoms with van der Waals surface area (Å²) in [5.41, 5.74) is -2.33. The molecule has 0 fully saturated rings. The number of hydrogen-bond acceptors (Lipinski definition) is 3. The van der Waals surface area contributed by atoms with Crippen molar-refractivity contribution in [2.75, 3.05) is 7.11 Å². The van der Waals surface area contributed by atoms with Gasteiger partial charge in [0.1, 0.15) is 5.75 Å². The van der Waals surface area contributed by atoms with Crippen molar-refractivity contribution in [3.05, 3.63) is 27.3 Å². The Labute approximate surface area is 103 Å². The van der Waals surface area contributed by atoms with E-state index < -0.39 is 11.8 Å². The van der Waals surface area contributed by atoms with E-state index in [1.165, 1.54) is 25.3 Å². The maximum atomic E-state index is 12.7. The van der Waals surface area contributed by atoms with Crippen molar-refractivity contribution < 1.29 is 17.9 Å². The molecule has 1 heterocycles. The lowest BCUT2D eigenvalue weighted by atomic mass is 10.0. The predicted octanol–water partition coefficient (Wildman–Crippen LogP) is 3.48. The van der Waals surface area contributed by atoms with Gasteiger partial charge in [0.05, 0.1) is 10.7 Å². The van der Waals surface area contributed by atoms with Gasteiger partial charge in [-0.15, -0.1) is 10.2 Å². The van der Waals surface area contributed by atoms with Crippen LogP contribution >= 0.6 is 22.6 Å². The highest BCUT2D eigenvalue weighted by molar-refractivity contribution is 14.1. The smallest absolute Gasteiger partial charge is 0.442 e. The zero-order chi connectivity index (χ0) is 12.0. The third-order valence-corrected chi connectivity index (χ3v) is 3.09. The number of methoxy groups -OCH3 is 1. The molecule has 0 N–H and O–H groups in total. The monoisotopic (exact) mass is 342 g/mol. The third kappa shape index (κ3) is 1.66. The Morgan fingerprint density at radius 1 is 1.31 bits per heavy atom. The van der Waals surface area contributed by atoms with Crippen molar-refractivity contribution in [3.63, 3.8) is 0 Å². The molecule has 1 aliphatic rings. The van der Waals surface area contributed by atoms with E-state index in [1.807, 2.05) is 22.6 Å². The van der Waals surface area contributed by atoms with Gasteiger partial charge in [-0.3, -0.25) is 0 Å². The molecule has 0 atom stereocenters. The van der Waals surface area contributed by atoms with Crippen LogP contribution in [0.3, 0.4) is 0 Å². The maximum absolute atomic E-state index is 12.7. The molecule has 0 radical (unpaired) electrons. The lowest BCUT2D eigenvalue weighted by Gasteiger charge is -2.15. The summed E-state index contributed by atoms with van der Waals surface area (Å²) in [5.74, 6) is 0.530. The molecule has 16 heavy (non-hydrogen) atoms. The van der Waals surface area contributed by atoms with Crippen LogP contribution in [0.2, 0.25) is 0 Å². The Balaban J connectivity index is 2.40. The molecule has 86 valence electrons. The zero-order valence-corrected chi connectivity index (χ0v) is 10.2. The van der Waals surface area contributed by atoms with Crippen molar-refractivity contribution in [2.45, 2.75) is 11.8 Å². The van der Waals surface area contributed by atoms with Gasteiger partial charge in [-0.25, -0.2) is 0 Å². The Bertz CT molecular complexity index is 453. The van der Waals surface area contributed by atoms with Gasteiger partial charge in [0.25, 0.3) is 0 Å². The lowest BCUT2D eigenvalue weighted by Crippen LogP contribution is -2.30. The second-order valence-electron chi connectivity index (χ2n) is 3.22. The summed E-state index contributed by atoms with van der Waals surface area (Å²) < 4.78 is 43.6. The maximum Gasteiger partial charge on any atom is 0.442 e. The van der Waals surface area contributed by atoms with Crippen molar-refractivity contribution in [1.29, 1.82) is 0 Å². The van der Waals surface area contributed by atoms with E-state index >= 15 is 0 Å². The molecular formula is C9H6F3IN2O. The molecule has 0 spiro atoms. The number of benzene rings is 1. The molecule has 0 bridgehead atoms. The average Bonchev–Trinajstić information content (AvgIpc) is 2.97. The van der Waals surface area contributed by atoms with Crippen LogP contribution in [0.15, 0.2) is 28.4 Å². The summed E-state index contributed by atoms with van der Waals surface area (Å²) in [6, 6.07) is 4.19. The number of halogens is 4. The molecule has 0 saturated heterocycles. The normalized spacial score (nSPS) is 17.3. The van der Waals surface area contributed by atoms with E-state index in [1.54, 1.807) is 0 Å². The summed E-state index contributed by atoms with van der Waals surface area (Å²) in [4.78, 5) is 0. The molecule has 1 aliphatic heterocycles. The van der Waals surface area contributed by atoms with Crippen LogP contribution in [0.1, 0.15) is 5.56 Å². The van der Waals surface area contributed by atoms with Crippen molar-refractivity contribution in [3.8, 4) is 5.75 Å². The summed E-state index contributed by atoms with van der Waals surface area (Å²) >= 11 is 1.91. The van der Waals surface area contributed by atoms with Crippen molar-refractivity contribution in [1.82, 2.24) is 0 Å². The topological polar surface area (TPSA) is 34.0 Å². The van der Waals surface area contributed by atoms with E-state index in [4.69, 9.17) is 4.74 Å². The molecule has 2 rings (SSSR count). The largest absolute Gasteiger partial charge is 0.496 e. The number of alkyl halides is 3. The van der Waals surface area contributed by atoms with Crippen LogP contribution in [0.4, 0.5) is 13.2 Å². The van der Waals surface area contributed by atoms with E-state index in [2.05, 4.69) is 10.2 Å². The molecule has 3 nitrogen and oxygen atoms in total. The van der Waals surface area contributed by atoms with E-state index in [9.17, 15) is 13.2 Å². The molecule has 1 aromatic rings. The van der Waals surface area contributed by atoms with Crippen LogP contribution in [0.25, 0.3) is 0 Å². The Morgan fingerprint density at radius 3 is 2.31 bits per heavy atom. The summed E-state index contributed by atoms with van der Waals surface area (Å²) in [6.45, 7) is 0. The van der Waals surface area contributed by atoms with Gasteiger partial charge >= 0.3 is 11.8 Å². The van der Waals surface area contributed by atoms with E-state index in [0.29, 0.717) is 9.32 Å². The van der Waals surface area contributed by atoms with Gasteiger partial charge in [-0.1, -0.05) is 6.07 Å². The number of nitrogens with zero attached hydrogens (tertiary/aromatic N) is 2. The van der Waals surface area contributed by atoms with E-state index in [0.717, 1.165) is 0 Å². The fourth-order valence-corrected chi connectivity index (χ4v) is 2.06. The lowest BCUT2D eigenvalue weighted by molar-refractivity contribution is -0.166. The SMILES string of the molecule is COc1ccc(C2(C(F)(F)F)N=N2)cc1I. The van der Waals surface area contributed by atoms with Crippen LogP contribution < -0.4 is 4.74 Å². The molecule has 7 heteroatoms. The zero-order valence-electron chi connectivity index (χ0n) is 8.05. The van der Waals surface area contributed by atoms with Crippen molar-refractivity contribution >= 4 is 22.6 Å². The second-order valence-corrected chi connectivity index (χ2v) is 4.38. The first kappa shape index (κ1) is 11.6. The Kier molecular flexibility index (Phi) is 2.59.